The minimum absolute atomic E-state index is 0.137. The number of hydrogen-bond donors (Lipinski definition) is 3. The number of aliphatic imine (C=N–C) groups is 1. The summed E-state index contributed by atoms with van der Waals surface area (Å²) >= 11 is 0. The summed E-state index contributed by atoms with van der Waals surface area (Å²) in [5.41, 5.74) is 2.90. The van der Waals surface area contributed by atoms with E-state index in [1.807, 2.05) is 19.1 Å². The highest BCUT2D eigenvalue weighted by molar-refractivity contribution is 6.05. The highest BCUT2D eigenvalue weighted by Crippen LogP contribution is 2.43. The number of ether oxygens (including phenoxy) is 2. The summed E-state index contributed by atoms with van der Waals surface area (Å²) in [6.45, 7) is 6.14. The Morgan fingerprint density at radius 2 is 1.96 bits per heavy atom. The Morgan fingerprint density at radius 1 is 1.07 bits per heavy atom. The number of hydrogen-bond acceptors (Lipinski definition) is 9. The molecule has 0 radical (unpaired) electrons. The minimum Gasteiger partial charge on any atom is -0.491 e. The van der Waals surface area contributed by atoms with Crippen LogP contribution in [-0.4, -0.2) is 78.1 Å². The third kappa shape index (κ3) is 6.31. The monoisotopic (exact) mass is 613 g/mol. The maximum atomic E-state index is 15.5. The maximum absolute atomic E-state index is 15.5. The Kier molecular flexibility index (Phi) is 8.51. The van der Waals surface area contributed by atoms with Crippen LogP contribution in [0.5, 0.6) is 11.6 Å². The van der Waals surface area contributed by atoms with E-state index in [9.17, 15) is 4.79 Å². The van der Waals surface area contributed by atoms with Crippen LogP contribution in [0, 0.1) is 5.82 Å². The number of anilines is 2. The van der Waals surface area contributed by atoms with Crippen molar-refractivity contribution in [3.8, 4) is 22.8 Å². The molecule has 4 aliphatic rings. The number of amides is 1. The number of nitrogens with one attached hydrogen (secondary N) is 3. The Morgan fingerprint density at radius 3 is 2.82 bits per heavy atom. The molecule has 3 N–H and O–H groups in total. The van der Waals surface area contributed by atoms with Crippen LogP contribution in [0.2, 0.25) is 0 Å². The van der Waals surface area contributed by atoms with Gasteiger partial charge in [-0.15, -0.1) is 0 Å². The standard InChI is InChI=1S/C34H40FN7O3/c1-2-44-33-27(20-39-34-32(33)37-11-13-45-34)26-16-22-18-29(38-19-23(22)17-28(26)35)41-30-15-21-8-12-42(25-6-9-36-10-7-25)31(43)5-3-4-24(14-21)40-30/h15-20,24-25,36-37H,2-14H2,1H3,(H,38,40,41). The number of fused-ring (bicyclic) bond motifs is 4. The molecule has 236 valence electrons. The molecule has 2 aromatic heterocycles. The summed E-state index contributed by atoms with van der Waals surface area (Å²) in [5.74, 6) is 2.30. The molecule has 1 atom stereocenters. The molecule has 0 aliphatic carbocycles. The zero-order chi connectivity index (χ0) is 30.8. The van der Waals surface area contributed by atoms with Crippen molar-refractivity contribution in [2.75, 3.05) is 50.0 Å². The summed E-state index contributed by atoms with van der Waals surface area (Å²) in [7, 11) is 0. The van der Waals surface area contributed by atoms with Gasteiger partial charge in [-0.1, -0.05) is 5.57 Å². The minimum atomic E-state index is -0.380. The largest absolute Gasteiger partial charge is 0.491 e. The average molecular weight is 614 g/mol. The van der Waals surface area contributed by atoms with Crippen molar-refractivity contribution >= 4 is 34.0 Å². The molecular formula is C34H40FN7O3. The van der Waals surface area contributed by atoms with Crippen molar-refractivity contribution in [1.82, 2.24) is 20.2 Å². The van der Waals surface area contributed by atoms with Crippen molar-refractivity contribution < 1.29 is 18.7 Å². The second kappa shape index (κ2) is 13.0. The van der Waals surface area contributed by atoms with Crippen molar-refractivity contribution in [3.63, 3.8) is 0 Å². The van der Waals surface area contributed by atoms with Gasteiger partial charge in [0.15, 0.2) is 5.75 Å². The van der Waals surface area contributed by atoms with Gasteiger partial charge in [0.1, 0.15) is 29.8 Å². The van der Waals surface area contributed by atoms with E-state index in [1.54, 1.807) is 12.4 Å². The van der Waals surface area contributed by atoms with Crippen molar-refractivity contribution in [1.29, 1.82) is 0 Å². The predicted molar refractivity (Wildman–Crippen MR) is 174 cm³/mol. The van der Waals surface area contributed by atoms with Crippen LogP contribution in [0.4, 0.5) is 15.9 Å². The number of carbonyl (C=O) groups excluding carboxylic acids is 1. The van der Waals surface area contributed by atoms with Crippen molar-refractivity contribution in [2.24, 2.45) is 4.99 Å². The molecule has 0 saturated carbocycles. The van der Waals surface area contributed by atoms with E-state index < -0.39 is 0 Å². The van der Waals surface area contributed by atoms with Crippen LogP contribution in [0.3, 0.4) is 0 Å². The van der Waals surface area contributed by atoms with Gasteiger partial charge in [0.05, 0.1) is 12.6 Å². The summed E-state index contributed by atoms with van der Waals surface area (Å²) in [5, 5.41) is 11.7. The molecule has 2 bridgehead atoms. The quantitative estimate of drug-likeness (QED) is 0.355. The fourth-order valence-corrected chi connectivity index (χ4v) is 6.89. The number of carbonyl (C=O) groups is 1. The van der Waals surface area contributed by atoms with Crippen LogP contribution in [0.25, 0.3) is 21.9 Å². The van der Waals surface area contributed by atoms with Gasteiger partial charge < -0.3 is 30.3 Å². The van der Waals surface area contributed by atoms with Gasteiger partial charge >= 0.3 is 0 Å². The number of amidine groups is 1. The molecule has 10 nitrogen and oxygen atoms in total. The van der Waals surface area contributed by atoms with E-state index in [-0.39, 0.29) is 17.8 Å². The summed E-state index contributed by atoms with van der Waals surface area (Å²) in [4.78, 5) is 29.3. The van der Waals surface area contributed by atoms with Crippen LogP contribution in [0.1, 0.15) is 51.9 Å². The Balaban J connectivity index is 1.15. The van der Waals surface area contributed by atoms with Gasteiger partial charge in [0.2, 0.25) is 11.8 Å². The highest BCUT2D eigenvalue weighted by atomic mass is 19.1. The average Bonchev–Trinajstić information content (AvgIpc) is 3.05. The first-order chi connectivity index (χ1) is 22.1. The number of dihydropyridines is 1. The lowest BCUT2D eigenvalue weighted by Gasteiger charge is -2.36. The van der Waals surface area contributed by atoms with Crippen molar-refractivity contribution in [2.45, 2.75) is 64.0 Å². The van der Waals surface area contributed by atoms with Gasteiger partial charge in [-0.3, -0.25) is 9.79 Å². The van der Waals surface area contributed by atoms with E-state index in [1.165, 1.54) is 11.6 Å². The third-order valence-corrected chi connectivity index (χ3v) is 9.11. The van der Waals surface area contributed by atoms with E-state index >= 15 is 4.39 Å². The highest BCUT2D eigenvalue weighted by Gasteiger charge is 2.28. The fourth-order valence-electron chi connectivity index (χ4n) is 6.89. The third-order valence-electron chi connectivity index (χ3n) is 9.11. The topological polar surface area (TPSA) is 113 Å². The van der Waals surface area contributed by atoms with Gasteiger partial charge in [0.25, 0.3) is 0 Å². The van der Waals surface area contributed by atoms with Gasteiger partial charge in [0, 0.05) is 54.5 Å². The zero-order valence-corrected chi connectivity index (χ0v) is 25.7. The van der Waals surface area contributed by atoms with Gasteiger partial charge in [-0.2, -0.15) is 0 Å². The van der Waals surface area contributed by atoms with Crippen molar-refractivity contribution in [3.05, 3.63) is 48.1 Å². The molecule has 6 heterocycles. The molecule has 1 aromatic carbocycles. The molecule has 0 spiro atoms. The number of halogens is 1. The molecule has 7 rings (SSSR count). The molecule has 1 amide bonds. The second-order valence-electron chi connectivity index (χ2n) is 12.1. The van der Waals surface area contributed by atoms with Gasteiger partial charge in [-0.25, -0.2) is 14.4 Å². The van der Waals surface area contributed by atoms with E-state index in [0.29, 0.717) is 71.9 Å². The van der Waals surface area contributed by atoms with Crippen LogP contribution in [0.15, 0.2) is 47.2 Å². The predicted octanol–water partition coefficient (Wildman–Crippen LogP) is 5.30. The Hall–Kier alpha value is -4.25. The number of aromatic nitrogens is 2. The molecule has 2 fully saturated rings. The fraction of sp³-hybridized carbons (Fsp3) is 0.471. The van der Waals surface area contributed by atoms with E-state index in [0.717, 1.165) is 69.4 Å². The lowest BCUT2D eigenvalue weighted by atomic mass is 9.93. The number of rotatable bonds is 5. The molecule has 45 heavy (non-hydrogen) atoms. The lowest BCUT2D eigenvalue weighted by molar-refractivity contribution is -0.134. The molecule has 11 heteroatoms. The number of benzene rings is 1. The van der Waals surface area contributed by atoms with E-state index in [2.05, 4.69) is 36.9 Å². The maximum Gasteiger partial charge on any atom is 0.241 e. The molecule has 4 aliphatic heterocycles. The first kappa shape index (κ1) is 29.5. The van der Waals surface area contributed by atoms with Gasteiger partial charge in [-0.05, 0) is 88.2 Å². The summed E-state index contributed by atoms with van der Waals surface area (Å²) in [6.07, 6.45) is 11.5. The van der Waals surface area contributed by atoms with E-state index in [4.69, 9.17) is 14.5 Å². The second-order valence-corrected chi connectivity index (χ2v) is 12.1. The van der Waals surface area contributed by atoms with Crippen LogP contribution in [-0.2, 0) is 4.79 Å². The van der Waals surface area contributed by atoms with Crippen LogP contribution >= 0.6 is 0 Å². The smallest absolute Gasteiger partial charge is 0.241 e. The summed E-state index contributed by atoms with van der Waals surface area (Å²) < 4.78 is 27.2. The normalized spacial score (nSPS) is 20.8. The molecule has 1 unspecified atom stereocenters. The SMILES string of the molecule is CCOc1c(-c2cc3cc(NC4=NC5CCCC(=O)N(C6CCNCC6)CCC(=C4)C5)ncc3cc2F)cnc2c1NCCO2. The summed E-state index contributed by atoms with van der Waals surface area (Å²) in [6, 6.07) is 5.70. The number of nitrogens with zero attached hydrogens (tertiary/aromatic N) is 4. The molecule has 2 saturated heterocycles. The molecule has 3 aromatic rings. The lowest BCUT2D eigenvalue weighted by Crippen LogP contribution is -2.47. The Labute approximate surface area is 262 Å². The first-order valence-electron chi connectivity index (χ1n) is 16.2. The van der Waals surface area contributed by atoms with Crippen LogP contribution < -0.4 is 25.4 Å². The number of pyridine rings is 2. The number of piperidine rings is 1. The zero-order valence-electron chi connectivity index (χ0n) is 25.7. The first-order valence-corrected chi connectivity index (χ1v) is 16.2. The molecular weight excluding hydrogens is 573 g/mol. The Bertz CT molecular complexity index is 1650.